The zero-order valence-corrected chi connectivity index (χ0v) is 13.7. The van der Waals surface area contributed by atoms with E-state index < -0.39 is 0 Å². The molecule has 120 valence electrons. The van der Waals surface area contributed by atoms with Gasteiger partial charge < -0.3 is 20.4 Å². The van der Waals surface area contributed by atoms with Gasteiger partial charge in [0.25, 0.3) is 0 Å². The van der Waals surface area contributed by atoms with Gasteiger partial charge in [-0.15, -0.1) is 0 Å². The molecule has 2 atom stereocenters. The van der Waals surface area contributed by atoms with Gasteiger partial charge in [-0.05, 0) is 53.5 Å². The highest BCUT2D eigenvalue weighted by molar-refractivity contribution is 5.81. The minimum atomic E-state index is -0.0122. The molecule has 1 heterocycles. The van der Waals surface area contributed by atoms with Gasteiger partial charge in [0.1, 0.15) is 0 Å². The maximum atomic E-state index is 12.9. The van der Waals surface area contributed by atoms with Crippen LogP contribution >= 0.6 is 0 Å². The normalized spacial score (nSPS) is 27.5. The van der Waals surface area contributed by atoms with E-state index >= 15 is 0 Å². The van der Waals surface area contributed by atoms with E-state index in [1.165, 1.54) is 0 Å². The van der Waals surface area contributed by atoms with Crippen molar-refractivity contribution in [1.82, 2.24) is 14.7 Å². The maximum Gasteiger partial charge on any atom is 0.229 e. The van der Waals surface area contributed by atoms with Gasteiger partial charge >= 0.3 is 0 Å². The first-order chi connectivity index (χ1) is 9.97. The predicted molar refractivity (Wildman–Crippen MR) is 86.0 cm³/mol. The topological polar surface area (TPSA) is 52.8 Å². The lowest BCUT2D eigenvalue weighted by Crippen LogP contribution is -2.50. The van der Waals surface area contributed by atoms with E-state index in [4.69, 9.17) is 5.73 Å². The Labute approximate surface area is 128 Å². The summed E-state index contributed by atoms with van der Waals surface area (Å²) in [5.74, 6) is 0.262. The first-order valence-electron chi connectivity index (χ1n) is 8.05. The number of piperidine rings is 1. The Hall–Kier alpha value is -0.910. The highest BCUT2D eigenvalue weighted by atomic mass is 16.2. The average Bonchev–Trinajstić information content (AvgIpc) is 2.87. The first-order valence-corrected chi connectivity index (χ1v) is 8.05. The highest BCUT2D eigenvalue weighted by Crippen LogP contribution is 2.23. The number of carbonyl (C=O) groups excluding carboxylic acids is 1. The maximum absolute atomic E-state index is 12.9. The average molecular weight is 294 g/mol. The molecular formula is C16H30N4O. The van der Waals surface area contributed by atoms with Crippen LogP contribution in [0.2, 0.25) is 0 Å². The number of nitrogens with two attached hydrogens (primary N) is 1. The quantitative estimate of drug-likeness (QED) is 0.745. The molecule has 2 aliphatic rings. The van der Waals surface area contributed by atoms with Crippen molar-refractivity contribution in [2.75, 3.05) is 47.3 Å². The Morgan fingerprint density at radius 3 is 2.43 bits per heavy atom. The van der Waals surface area contributed by atoms with E-state index in [2.05, 4.69) is 35.8 Å². The lowest BCUT2D eigenvalue weighted by Gasteiger charge is -2.39. The highest BCUT2D eigenvalue weighted by Gasteiger charge is 2.32. The van der Waals surface area contributed by atoms with Crippen molar-refractivity contribution in [1.29, 1.82) is 0 Å². The van der Waals surface area contributed by atoms with E-state index in [-0.39, 0.29) is 17.9 Å². The Bertz CT molecular complexity index is 374. The third-order valence-corrected chi connectivity index (χ3v) is 4.63. The van der Waals surface area contributed by atoms with Crippen molar-refractivity contribution in [3.8, 4) is 0 Å². The molecule has 1 fully saturated rings. The summed E-state index contributed by atoms with van der Waals surface area (Å²) >= 11 is 0. The molecule has 0 bridgehead atoms. The molecule has 2 rings (SSSR count). The van der Waals surface area contributed by atoms with Crippen LogP contribution in [0.15, 0.2) is 12.2 Å². The van der Waals surface area contributed by atoms with Gasteiger partial charge in [-0.25, -0.2) is 0 Å². The zero-order valence-electron chi connectivity index (χ0n) is 13.7. The number of nitrogens with zero attached hydrogens (tertiary/aromatic N) is 3. The van der Waals surface area contributed by atoms with Crippen molar-refractivity contribution < 1.29 is 4.79 Å². The predicted octanol–water partition coefficient (Wildman–Crippen LogP) is 0.374. The Kier molecular flexibility index (Phi) is 5.79. The summed E-state index contributed by atoms with van der Waals surface area (Å²) in [5, 5.41) is 0. The molecule has 0 radical (unpaired) electrons. The molecular weight excluding hydrogens is 264 g/mol. The van der Waals surface area contributed by atoms with Crippen molar-refractivity contribution in [2.45, 2.75) is 31.3 Å². The van der Waals surface area contributed by atoms with Crippen LogP contribution in [-0.2, 0) is 4.79 Å². The summed E-state index contributed by atoms with van der Waals surface area (Å²) in [7, 11) is 6.27. The second-order valence-corrected chi connectivity index (χ2v) is 6.76. The molecule has 5 heteroatoms. The van der Waals surface area contributed by atoms with E-state index in [1.54, 1.807) is 0 Å². The molecule has 0 spiro atoms. The number of hydrogen-bond acceptors (Lipinski definition) is 4. The van der Waals surface area contributed by atoms with Gasteiger partial charge in [0.05, 0.1) is 5.92 Å². The van der Waals surface area contributed by atoms with Crippen LogP contribution < -0.4 is 5.73 Å². The Morgan fingerprint density at radius 2 is 1.90 bits per heavy atom. The monoisotopic (exact) mass is 294 g/mol. The molecule has 0 saturated carbocycles. The molecule has 1 aliphatic heterocycles. The summed E-state index contributed by atoms with van der Waals surface area (Å²) in [6.45, 7) is 3.90. The smallest absolute Gasteiger partial charge is 0.229 e. The molecule has 5 nitrogen and oxygen atoms in total. The molecule has 0 aromatic rings. The molecule has 0 aromatic carbocycles. The largest absolute Gasteiger partial charge is 0.338 e. The molecule has 1 aliphatic carbocycles. The van der Waals surface area contributed by atoms with E-state index in [0.717, 1.165) is 45.4 Å². The summed E-state index contributed by atoms with van der Waals surface area (Å²) in [6, 6.07) is 0.436. The molecule has 0 aromatic heterocycles. The number of carbonyl (C=O) groups is 1. The fourth-order valence-electron chi connectivity index (χ4n) is 3.21. The van der Waals surface area contributed by atoms with Crippen LogP contribution in [0.1, 0.15) is 19.3 Å². The van der Waals surface area contributed by atoms with Gasteiger partial charge in [0.15, 0.2) is 0 Å². The van der Waals surface area contributed by atoms with Gasteiger partial charge in [0, 0.05) is 25.2 Å². The van der Waals surface area contributed by atoms with E-state index in [9.17, 15) is 4.79 Å². The van der Waals surface area contributed by atoms with Crippen LogP contribution in [0, 0.1) is 5.92 Å². The molecule has 21 heavy (non-hydrogen) atoms. The number of hydrogen-bond donors (Lipinski definition) is 1. The van der Waals surface area contributed by atoms with Crippen LogP contribution in [0.3, 0.4) is 0 Å². The number of amides is 1. The van der Waals surface area contributed by atoms with Gasteiger partial charge in [0.2, 0.25) is 5.91 Å². The van der Waals surface area contributed by atoms with Crippen molar-refractivity contribution >= 4 is 5.91 Å². The van der Waals surface area contributed by atoms with Gasteiger partial charge in [-0.3, -0.25) is 4.79 Å². The van der Waals surface area contributed by atoms with Gasteiger partial charge in [-0.1, -0.05) is 12.2 Å². The molecule has 2 N–H and O–H groups in total. The lowest BCUT2D eigenvalue weighted by atomic mass is 9.99. The third-order valence-electron chi connectivity index (χ3n) is 4.63. The summed E-state index contributed by atoms with van der Waals surface area (Å²) < 4.78 is 0. The van der Waals surface area contributed by atoms with Crippen LogP contribution in [-0.4, -0.2) is 80.0 Å². The summed E-state index contributed by atoms with van der Waals surface area (Å²) in [4.78, 5) is 19.5. The molecule has 1 saturated heterocycles. The minimum absolute atomic E-state index is 0.0122. The number of likely N-dealkylation sites (tertiary alicyclic amines) is 1. The SMILES string of the molecule is CN(C)CCN(C(=O)C1C=CC(N)C1)C1CCN(C)CC1. The van der Waals surface area contributed by atoms with Crippen LogP contribution in [0.5, 0.6) is 0 Å². The Morgan fingerprint density at radius 1 is 1.24 bits per heavy atom. The zero-order chi connectivity index (χ0) is 15.4. The molecule has 2 unspecified atom stereocenters. The summed E-state index contributed by atoms with van der Waals surface area (Å²) in [5.41, 5.74) is 5.91. The van der Waals surface area contributed by atoms with Gasteiger partial charge in [-0.2, -0.15) is 0 Å². The first kappa shape index (κ1) is 16.5. The fraction of sp³-hybridized carbons (Fsp3) is 0.812. The van der Waals surface area contributed by atoms with E-state index in [1.807, 2.05) is 12.2 Å². The van der Waals surface area contributed by atoms with E-state index in [0.29, 0.717) is 6.04 Å². The Balaban J connectivity index is 2.00. The summed E-state index contributed by atoms with van der Waals surface area (Å²) in [6.07, 6.45) is 6.91. The van der Waals surface area contributed by atoms with Crippen molar-refractivity contribution in [3.05, 3.63) is 12.2 Å². The fourth-order valence-corrected chi connectivity index (χ4v) is 3.21. The standard InChI is InChI=1S/C16H30N4O/c1-18(2)10-11-20(15-6-8-19(3)9-7-15)16(21)13-4-5-14(17)12-13/h4-5,13-15H,6-12,17H2,1-3H3. The minimum Gasteiger partial charge on any atom is -0.338 e. The number of rotatable bonds is 5. The second kappa shape index (κ2) is 7.38. The van der Waals surface area contributed by atoms with Crippen LogP contribution in [0.25, 0.3) is 0 Å². The van der Waals surface area contributed by atoms with Crippen molar-refractivity contribution in [2.24, 2.45) is 11.7 Å². The van der Waals surface area contributed by atoms with Crippen molar-refractivity contribution in [3.63, 3.8) is 0 Å². The lowest BCUT2D eigenvalue weighted by molar-refractivity contribution is -0.137. The second-order valence-electron chi connectivity index (χ2n) is 6.76. The number of likely N-dealkylation sites (N-methyl/N-ethyl adjacent to an activating group) is 1. The van der Waals surface area contributed by atoms with Crippen LogP contribution in [0.4, 0.5) is 0 Å². The third kappa shape index (κ3) is 4.53. The molecule has 1 amide bonds.